The first-order valence-corrected chi connectivity index (χ1v) is 8.69. The molecular weight excluding hydrogens is 361 g/mol. The molecule has 0 saturated heterocycles. The van der Waals surface area contributed by atoms with Crippen molar-refractivity contribution in [3.8, 4) is 11.4 Å². The van der Waals surface area contributed by atoms with Gasteiger partial charge in [0.2, 0.25) is 0 Å². The van der Waals surface area contributed by atoms with E-state index in [-0.39, 0.29) is 29.1 Å². The lowest BCUT2D eigenvalue weighted by molar-refractivity contribution is -0.137. The molecule has 0 atom stereocenters. The number of aromatic amines is 1. The van der Waals surface area contributed by atoms with Gasteiger partial charge >= 0.3 is 11.9 Å². The molecule has 0 aliphatic carbocycles. The van der Waals surface area contributed by atoms with E-state index in [2.05, 4.69) is 9.97 Å². The van der Waals surface area contributed by atoms with Gasteiger partial charge < -0.3 is 4.98 Å². The number of hydrogen-bond acceptors (Lipinski definition) is 3. The zero-order valence-electron chi connectivity index (χ0n) is 14.9. The summed E-state index contributed by atoms with van der Waals surface area (Å²) in [6, 6.07) is 4.99. The number of fused-ring (bicyclic) bond motifs is 1. The summed E-state index contributed by atoms with van der Waals surface area (Å²) < 4.78 is 42.4. The van der Waals surface area contributed by atoms with Crippen LogP contribution in [0.5, 0.6) is 0 Å². The Balaban J connectivity index is 2.34. The van der Waals surface area contributed by atoms with Crippen LogP contribution in [0.1, 0.15) is 32.3 Å². The molecule has 144 valence electrons. The molecule has 1 N–H and O–H groups in total. The first-order chi connectivity index (χ1) is 12.8. The second kappa shape index (κ2) is 7.05. The van der Waals surface area contributed by atoms with Crippen molar-refractivity contribution >= 4 is 11.2 Å². The minimum absolute atomic E-state index is 0.0310. The smallest absolute Gasteiger partial charge is 0.332 e. The molecular formula is C18H19F3N4O2. The summed E-state index contributed by atoms with van der Waals surface area (Å²) in [7, 11) is 0. The summed E-state index contributed by atoms with van der Waals surface area (Å²) in [5.41, 5.74) is -2.00. The summed E-state index contributed by atoms with van der Waals surface area (Å²) in [6.45, 7) is 4.23. The lowest BCUT2D eigenvalue weighted by Gasteiger charge is -2.10. The monoisotopic (exact) mass is 380 g/mol. The van der Waals surface area contributed by atoms with Crippen LogP contribution >= 0.6 is 0 Å². The van der Waals surface area contributed by atoms with Crippen LogP contribution in [0.3, 0.4) is 0 Å². The predicted octanol–water partition coefficient (Wildman–Crippen LogP) is 3.39. The molecule has 0 aliphatic rings. The number of benzene rings is 1. The van der Waals surface area contributed by atoms with Crippen LogP contribution in [-0.4, -0.2) is 19.1 Å². The number of nitrogens with zero attached hydrogens (tertiary/aromatic N) is 3. The Morgan fingerprint density at radius 2 is 1.67 bits per heavy atom. The molecule has 2 heterocycles. The van der Waals surface area contributed by atoms with Gasteiger partial charge in [0.25, 0.3) is 5.56 Å². The lowest BCUT2D eigenvalue weighted by Crippen LogP contribution is -2.40. The maximum Gasteiger partial charge on any atom is 0.417 e. The summed E-state index contributed by atoms with van der Waals surface area (Å²) in [6.07, 6.45) is -3.38. The van der Waals surface area contributed by atoms with Crippen LogP contribution in [0.15, 0.2) is 33.9 Å². The van der Waals surface area contributed by atoms with E-state index in [1.54, 1.807) is 0 Å². The number of halogens is 3. The molecule has 3 aromatic rings. The molecule has 0 saturated carbocycles. The highest BCUT2D eigenvalue weighted by Crippen LogP contribution is 2.36. The summed E-state index contributed by atoms with van der Waals surface area (Å²) in [4.78, 5) is 32.2. The average Bonchev–Trinajstić information content (AvgIpc) is 3.07. The van der Waals surface area contributed by atoms with Crippen molar-refractivity contribution < 1.29 is 13.2 Å². The van der Waals surface area contributed by atoms with Crippen LogP contribution in [0.4, 0.5) is 13.2 Å². The van der Waals surface area contributed by atoms with Gasteiger partial charge in [-0.05, 0) is 18.9 Å². The van der Waals surface area contributed by atoms with E-state index < -0.39 is 23.0 Å². The third-order valence-electron chi connectivity index (χ3n) is 4.24. The van der Waals surface area contributed by atoms with Gasteiger partial charge in [-0.15, -0.1) is 0 Å². The third-order valence-corrected chi connectivity index (χ3v) is 4.24. The van der Waals surface area contributed by atoms with Crippen molar-refractivity contribution in [1.82, 2.24) is 19.1 Å². The molecule has 9 heteroatoms. The van der Waals surface area contributed by atoms with Gasteiger partial charge in [-0.3, -0.25) is 13.9 Å². The number of aryl methyl sites for hydroxylation is 1. The minimum Gasteiger partial charge on any atom is -0.332 e. The first kappa shape index (κ1) is 18.9. The zero-order valence-corrected chi connectivity index (χ0v) is 14.9. The number of alkyl halides is 3. The fourth-order valence-electron chi connectivity index (χ4n) is 3.08. The molecule has 27 heavy (non-hydrogen) atoms. The Hall–Kier alpha value is -2.84. The SMILES string of the molecule is CCCn1c(=O)c2[nH]c(-c3ccccc3C(F)(F)F)nc2n(CCC)c1=O. The van der Waals surface area contributed by atoms with Gasteiger partial charge in [-0.1, -0.05) is 32.0 Å². The Morgan fingerprint density at radius 3 is 2.30 bits per heavy atom. The highest BCUT2D eigenvalue weighted by Gasteiger charge is 2.34. The van der Waals surface area contributed by atoms with E-state index in [0.717, 1.165) is 10.6 Å². The number of nitrogens with one attached hydrogen (secondary N) is 1. The molecule has 0 spiro atoms. The highest BCUT2D eigenvalue weighted by molar-refractivity contribution is 5.76. The molecule has 6 nitrogen and oxygen atoms in total. The van der Waals surface area contributed by atoms with E-state index in [1.165, 1.54) is 22.8 Å². The Bertz CT molecular complexity index is 1090. The van der Waals surface area contributed by atoms with E-state index in [1.807, 2.05) is 13.8 Å². The van der Waals surface area contributed by atoms with Gasteiger partial charge in [-0.25, -0.2) is 9.78 Å². The second-order valence-electron chi connectivity index (χ2n) is 6.22. The van der Waals surface area contributed by atoms with Crippen molar-refractivity contribution in [2.45, 2.75) is 46.0 Å². The number of aromatic nitrogens is 4. The van der Waals surface area contributed by atoms with Crippen molar-refractivity contribution in [3.63, 3.8) is 0 Å². The first-order valence-electron chi connectivity index (χ1n) is 8.69. The maximum atomic E-state index is 13.3. The molecule has 3 rings (SSSR count). The Morgan fingerprint density at radius 1 is 1.04 bits per heavy atom. The fourth-order valence-corrected chi connectivity index (χ4v) is 3.08. The van der Waals surface area contributed by atoms with Gasteiger partial charge in [-0.2, -0.15) is 13.2 Å². The van der Waals surface area contributed by atoms with Crippen molar-refractivity contribution in [1.29, 1.82) is 0 Å². The summed E-state index contributed by atoms with van der Waals surface area (Å²) >= 11 is 0. The molecule has 0 amide bonds. The van der Waals surface area contributed by atoms with Gasteiger partial charge in [0.15, 0.2) is 5.65 Å². The highest BCUT2D eigenvalue weighted by atomic mass is 19.4. The van der Waals surface area contributed by atoms with Crippen LogP contribution < -0.4 is 11.2 Å². The van der Waals surface area contributed by atoms with Crippen LogP contribution in [0, 0.1) is 0 Å². The molecule has 0 unspecified atom stereocenters. The summed E-state index contributed by atoms with van der Waals surface area (Å²) in [5.74, 6) is -0.0893. The largest absolute Gasteiger partial charge is 0.417 e. The number of rotatable bonds is 5. The predicted molar refractivity (Wildman–Crippen MR) is 95.6 cm³/mol. The molecule has 0 fully saturated rings. The van der Waals surface area contributed by atoms with Gasteiger partial charge in [0.05, 0.1) is 5.56 Å². The van der Waals surface area contributed by atoms with E-state index in [0.29, 0.717) is 19.4 Å². The van der Waals surface area contributed by atoms with Crippen molar-refractivity contribution in [2.75, 3.05) is 0 Å². The molecule has 0 bridgehead atoms. The van der Waals surface area contributed by atoms with Crippen molar-refractivity contribution in [2.24, 2.45) is 0 Å². The molecule has 1 aromatic carbocycles. The third kappa shape index (κ3) is 3.29. The number of hydrogen-bond donors (Lipinski definition) is 1. The van der Waals surface area contributed by atoms with Crippen LogP contribution in [0.2, 0.25) is 0 Å². The Labute approximate surface area is 152 Å². The minimum atomic E-state index is -4.57. The quantitative estimate of drug-likeness (QED) is 0.737. The normalized spacial score (nSPS) is 12.0. The van der Waals surface area contributed by atoms with E-state index >= 15 is 0 Å². The topological polar surface area (TPSA) is 72.7 Å². The maximum absolute atomic E-state index is 13.3. The van der Waals surface area contributed by atoms with E-state index in [9.17, 15) is 22.8 Å². The number of imidazole rings is 1. The standard InChI is InChI=1S/C18H19F3N4O2/c1-3-9-24-15-13(16(26)25(10-4-2)17(24)27)22-14(23-15)11-7-5-6-8-12(11)18(19,20)21/h5-8H,3-4,9-10H2,1-2H3,(H,22,23). The number of H-pyrrole nitrogens is 1. The van der Waals surface area contributed by atoms with E-state index in [4.69, 9.17) is 0 Å². The Kier molecular flexibility index (Phi) is 4.95. The van der Waals surface area contributed by atoms with Crippen LogP contribution in [-0.2, 0) is 19.3 Å². The lowest BCUT2D eigenvalue weighted by atomic mass is 10.1. The van der Waals surface area contributed by atoms with Crippen molar-refractivity contribution in [3.05, 3.63) is 50.7 Å². The zero-order chi connectivity index (χ0) is 19.8. The molecule has 0 aliphatic heterocycles. The molecule has 2 aromatic heterocycles. The van der Waals surface area contributed by atoms with Gasteiger partial charge in [0.1, 0.15) is 11.3 Å². The average molecular weight is 380 g/mol. The fraction of sp³-hybridized carbons (Fsp3) is 0.389. The van der Waals surface area contributed by atoms with Crippen LogP contribution in [0.25, 0.3) is 22.6 Å². The molecule has 0 radical (unpaired) electrons. The summed E-state index contributed by atoms with van der Waals surface area (Å²) in [5, 5.41) is 0. The van der Waals surface area contributed by atoms with Gasteiger partial charge in [0, 0.05) is 18.7 Å². The second-order valence-corrected chi connectivity index (χ2v) is 6.22.